The van der Waals surface area contributed by atoms with Gasteiger partial charge in [0.2, 0.25) is 0 Å². The van der Waals surface area contributed by atoms with Crippen LogP contribution in [-0.2, 0) is 6.42 Å². The minimum Gasteiger partial charge on any atom is -0.478 e. The molecule has 5 atom stereocenters. The van der Waals surface area contributed by atoms with Crippen LogP contribution < -0.4 is 0 Å². The van der Waals surface area contributed by atoms with Crippen molar-refractivity contribution in [3.8, 4) is 0 Å². The lowest BCUT2D eigenvalue weighted by Crippen LogP contribution is -2.42. The number of alkyl halides is 1. The maximum Gasteiger partial charge on any atom is 0.335 e. The second-order valence-corrected chi connectivity index (χ2v) is 10.7. The summed E-state index contributed by atoms with van der Waals surface area (Å²) in [6.07, 6.45) is 10.7. The van der Waals surface area contributed by atoms with Gasteiger partial charge in [0.25, 0.3) is 0 Å². The fraction of sp³-hybridized carbons (Fsp3) is 0.654. The van der Waals surface area contributed by atoms with Gasteiger partial charge in [-0.3, -0.25) is 0 Å². The number of aliphatic hydroxyl groups is 2. The molecule has 0 spiro atoms. The van der Waals surface area contributed by atoms with Crippen LogP contribution in [0.4, 0.5) is 0 Å². The summed E-state index contributed by atoms with van der Waals surface area (Å²) in [6.45, 7) is 4.44. The van der Waals surface area contributed by atoms with E-state index in [-0.39, 0.29) is 34.3 Å². The zero-order valence-electron chi connectivity index (χ0n) is 18.7. The first kappa shape index (κ1) is 24.3. The molecule has 3 rings (SSSR count). The molecule has 1 aromatic rings. The van der Waals surface area contributed by atoms with E-state index in [4.69, 9.17) is 16.7 Å². The van der Waals surface area contributed by atoms with Gasteiger partial charge in [0.15, 0.2) is 0 Å². The molecule has 0 bridgehead atoms. The van der Waals surface area contributed by atoms with Gasteiger partial charge < -0.3 is 15.3 Å². The summed E-state index contributed by atoms with van der Waals surface area (Å²) < 4.78 is 0. The summed E-state index contributed by atoms with van der Waals surface area (Å²) in [4.78, 5) is 11.0. The predicted molar refractivity (Wildman–Crippen MR) is 124 cm³/mol. The molecule has 0 radical (unpaired) electrons. The molecule has 0 heterocycles. The minimum atomic E-state index is -0.921. The molecule has 2 aliphatic carbocycles. The molecule has 0 aliphatic heterocycles. The SMILES string of the molecule is CC(C)CC1(C(O)C/C=C/[C@H]2C(O)CC(Cl)[C@@H]2CCc2ccc(C(=O)O)cc2)CCC1. The lowest BCUT2D eigenvalue weighted by atomic mass is 9.60. The molecule has 0 aromatic heterocycles. The zero-order chi connectivity index (χ0) is 22.6. The highest BCUT2D eigenvalue weighted by atomic mass is 35.5. The lowest BCUT2D eigenvalue weighted by Gasteiger charge is -2.46. The Hall–Kier alpha value is -1.36. The van der Waals surface area contributed by atoms with Gasteiger partial charge >= 0.3 is 5.97 Å². The number of aromatic carboxylic acids is 1. The van der Waals surface area contributed by atoms with Crippen LogP contribution in [0, 0.1) is 23.2 Å². The molecular formula is C26H37ClO4. The second-order valence-electron chi connectivity index (χ2n) is 10.1. The Kier molecular flexibility index (Phi) is 8.23. The Bertz CT molecular complexity index is 753. The molecular weight excluding hydrogens is 412 g/mol. The third-order valence-corrected chi connectivity index (χ3v) is 7.93. The van der Waals surface area contributed by atoms with Gasteiger partial charge in [-0.25, -0.2) is 4.79 Å². The van der Waals surface area contributed by atoms with E-state index in [1.165, 1.54) is 6.42 Å². The van der Waals surface area contributed by atoms with Crippen LogP contribution in [0.1, 0.15) is 74.7 Å². The van der Waals surface area contributed by atoms with Crippen molar-refractivity contribution in [2.75, 3.05) is 0 Å². The molecule has 31 heavy (non-hydrogen) atoms. The Morgan fingerprint density at radius 3 is 2.48 bits per heavy atom. The van der Waals surface area contributed by atoms with Crippen molar-refractivity contribution in [2.24, 2.45) is 23.2 Å². The Labute approximate surface area is 191 Å². The normalized spacial score (nSPS) is 28.7. The molecule has 3 unspecified atom stereocenters. The van der Waals surface area contributed by atoms with Gasteiger partial charge in [-0.15, -0.1) is 11.6 Å². The van der Waals surface area contributed by atoms with Crippen LogP contribution in [-0.4, -0.2) is 38.9 Å². The molecule has 2 aliphatic rings. The summed E-state index contributed by atoms with van der Waals surface area (Å²) in [5.74, 6) is -0.176. The van der Waals surface area contributed by atoms with E-state index in [2.05, 4.69) is 26.0 Å². The van der Waals surface area contributed by atoms with E-state index in [1.54, 1.807) is 12.1 Å². The van der Waals surface area contributed by atoms with Crippen molar-refractivity contribution < 1.29 is 20.1 Å². The first-order chi connectivity index (χ1) is 14.7. The summed E-state index contributed by atoms with van der Waals surface area (Å²) in [6, 6.07) is 6.97. The number of benzene rings is 1. The van der Waals surface area contributed by atoms with Crippen molar-refractivity contribution in [2.45, 2.75) is 82.8 Å². The van der Waals surface area contributed by atoms with Crippen LogP contribution >= 0.6 is 11.6 Å². The van der Waals surface area contributed by atoms with Gasteiger partial charge in [0, 0.05) is 11.3 Å². The van der Waals surface area contributed by atoms with E-state index >= 15 is 0 Å². The zero-order valence-corrected chi connectivity index (χ0v) is 19.5. The quantitative estimate of drug-likeness (QED) is 0.328. The summed E-state index contributed by atoms with van der Waals surface area (Å²) in [5.41, 5.74) is 1.44. The monoisotopic (exact) mass is 448 g/mol. The third kappa shape index (κ3) is 5.91. The molecule has 4 nitrogen and oxygen atoms in total. The van der Waals surface area contributed by atoms with Crippen LogP contribution in [0.2, 0.25) is 0 Å². The van der Waals surface area contributed by atoms with Gasteiger partial charge in [-0.05, 0) is 79.9 Å². The van der Waals surface area contributed by atoms with Gasteiger partial charge in [-0.2, -0.15) is 0 Å². The number of hydrogen-bond donors (Lipinski definition) is 3. The van der Waals surface area contributed by atoms with Gasteiger partial charge in [-0.1, -0.05) is 44.6 Å². The summed E-state index contributed by atoms with van der Waals surface area (Å²) in [5, 5.41) is 30.4. The number of carboxylic acid groups (broad SMARTS) is 1. The van der Waals surface area contributed by atoms with Crippen molar-refractivity contribution in [3.63, 3.8) is 0 Å². The van der Waals surface area contributed by atoms with Crippen molar-refractivity contribution in [1.82, 2.24) is 0 Å². The first-order valence-electron chi connectivity index (χ1n) is 11.7. The van der Waals surface area contributed by atoms with E-state index < -0.39 is 12.1 Å². The standard InChI is InChI=1S/C26H37ClO4/c1-17(2)16-26(13-4-14-26)24(29)6-3-5-21-20(22(27)15-23(21)28)12-9-18-7-10-19(11-8-18)25(30)31/h3,5,7-8,10-11,17,20-24,28-29H,4,6,9,12-16H2,1-2H3,(H,30,31)/b5-3+/t20-,21-,22?,23?,24?/m1/s1. The smallest absolute Gasteiger partial charge is 0.335 e. The highest BCUT2D eigenvalue weighted by Crippen LogP contribution is 2.49. The van der Waals surface area contributed by atoms with E-state index in [9.17, 15) is 15.0 Å². The summed E-state index contributed by atoms with van der Waals surface area (Å²) in [7, 11) is 0. The number of hydrogen-bond acceptors (Lipinski definition) is 3. The molecule has 172 valence electrons. The lowest BCUT2D eigenvalue weighted by molar-refractivity contribution is -0.0473. The first-order valence-corrected chi connectivity index (χ1v) is 12.1. The van der Waals surface area contributed by atoms with E-state index in [1.807, 2.05) is 12.1 Å². The maximum absolute atomic E-state index is 11.0. The minimum absolute atomic E-state index is 0.00423. The number of rotatable bonds is 10. The highest BCUT2D eigenvalue weighted by Gasteiger charge is 2.43. The van der Waals surface area contributed by atoms with Gasteiger partial charge in [0.05, 0.1) is 17.8 Å². The molecule has 2 saturated carbocycles. The van der Waals surface area contributed by atoms with Crippen molar-refractivity contribution >= 4 is 17.6 Å². The Morgan fingerprint density at radius 2 is 1.94 bits per heavy atom. The molecule has 0 saturated heterocycles. The fourth-order valence-corrected chi connectivity index (χ4v) is 6.09. The Morgan fingerprint density at radius 1 is 1.26 bits per heavy atom. The van der Waals surface area contributed by atoms with Crippen molar-refractivity contribution in [3.05, 3.63) is 47.5 Å². The van der Waals surface area contributed by atoms with Crippen LogP contribution in [0.3, 0.4) is 0 Å². The predicted octanol–water partition coefficient (Wildman–Crippen LogP) is 5.45. The number of aryl methyl sites for hydroxylation is 1. The molecule has 1 aromatic carbocycles. The largest absolute Gasteiger partial charge is 0.478 e. The topological polar surface area (TPSA) is 77.8 Å². The van der Waals surface area contributed by atoms with Gasteiger partial charge in [0.1, 0.15) is 0 Å². The van der Waals surface area contributed by atoms with Crippen LogP contribution in [0.25, 0.3) is 0 Å². The Balaban J connectivity index is 1.57. The van der Waals surface area contributed by atoms with E-state index in [0.29, 0.717) is 18.8 Å². The average Bonchev–Trinajstić information content (AvgIpc) is 2.95. The fourth-order valence-electron chi connectivity index (χ4n) is 5.61. The summed E-state index contributed by atoms with van der Waals surface area (Å²) >= 11 is 6.58. The van der Waals surface area contributed by atoms with E-state index in [0.717, 1.165) is 37.7 Å². The molecule has 0 amide bonds. The highest BCUT2D eigenvalue weighted by molar-refractivity contribution is 6.21. The maximum atomic E-state index is 11.0. The molecule has 2 fully saturated rings. The number of aliphatic hydroxyl groups excluding tert-OH is 2. The number of carboxylic acids is 1. The van der Waals surface area contributed by atoms with Crippen LogP contribution in [0.5, 0.6) is 0 Å². The molecule has 5 heteroatoms. The van der Waals surface area contributed by atoms with Crippen molar-refractivity contribution in [1.29, 1.82) is 0 Å². The average molecular weight is 449 g/mol. The number of halogens is 1. The third-order valence-electron chi connectivity index (χ3n) is 7.43. The second kappa shape index (κ2) is 10.5. The molecule has 3 N–H and O–H groups in total. The number of carbonyl (C=O) groups is 1. The van der Waals surface area contributed by atoms with Crippen LogP contribution in [0.15, 0.2) is 36.4 Å².